The van der Waals surface area contributed by atoms with Crippen molar-refractivity contribution < 1.29 is 14.7 Å². The summed E-state index contributed by atoms with van der Waals surface area (Å²) in [5, 5.41) is 15.3. The van der Waals surface area contributed by atoms with Crippen LogP contribution in [0.25, 0.3) is 11.1 Å². The van der Waals surface area contributed by atoms with Crippen molar-refractivity contribution in [3.8, 4) is 11.1 Å². The molecule has 6 N–H and O–H groups in total. The predicted molar refractivity (Wildman–Crippen MR) is 109 cm³/mol. The van der Waals surface area contributed by atoms with Crippen molar-refractivity contribution in [2.24, 2.45) is 22.6 Å². The van der Waals surface area contributed by atoms with Crippen molar-refractivity contribution in [1.29, 1.82) is 0 Å². The quantitative estimate of drug-likeness (QED) is 0.228. The Morgan fingerprint density at radius 3 is 2.25 bits per heavy atom. The lowest BCUT2D eigenvalue weighted by molar-refractivity contribution is -0.141. The summed E-state index contributed by atoms with van der Waals surface area (Å²) in [4.78, 5) is 23.4. The molecule has 0 bridgehead atoms. The topological polar surface area (TPSA) is 131 Å². The van der Waals surface area contributed by atoms with Gasteiger partial charge in [0.15, 0.2) is 0 Å². The fourth-order valence-electron chi connectivity index (χ4n) is 2.96. The SMILES string of the molecule is CC(CC(Cc1ccc(-c2ccccc2)cc1)NC(=O)CC(N)=NN)C(=O)O. The first-order valence-electron chi connectivity index (χ1n) is 9.07. The molecule has 2 unspecified atom stereocenters. The molecule has 0 radical (unpaired) electrons. The van der Waals surface area contributed by atoms with Gasteiger partial charge in [-0.15, -0.1) is 0 Å². The third-order valence-corrected chi connectivity index (χ3v) is 4.48. The average molecular weight is 382 g/mol. The van der Waals surface area contributed by atoms with E-state index in [0.29, 0.717) is 12.8 Å². The molecule has 0 aliphatic rings. The number of hydrazone groups is 1. The van der Waals surface area contributed by atoms with E-state index in [1.807, 2.05) is 54.6 Å². The highest BCUT2D eigenvalue weighted by Crippen LogP contribution is 2.20. The largest absolute Gasteiger partial charge is 0.481 e. The lowest BCUT2D eigenvalue weighted by atomic mass is 9.95. The first-order chi connectivity index (χ1) is 13.4. The van der Waals surface area contributed by atoms with Crippen LogP contribution >= 0.6 is 0 Å². The lowest BCUT2D eigenvalue weighted by Gasteiger charge is -2.21. The van der Waals surface area contributed by atoms with Gasteiger partial charge >= 0.3 is 5.97 Å². The van der Waals surface area contributed by atoms with Crippen molar-refractivity contribution >= 4 is 17.7 Å². The minimum atomic E-state index is -0.901. The highest BCUT2D eigenvalue weighted by atomic mass is 16.4. The molecule has 2 atom stereocenters. The van der Waals surface area contributed by atoms with Gasteiger partial charge in [0.2, 0.25) is 5.91 Å². The molecule has 2 aromatic carbocycles. The second kappa shape index (κ2) is 10.1. The third kappa shape index (κ3) is 6.42. The van der Waals surface area contributed by atoms with E-state index in [-0.39, 0.29) is 24.2 Å². The van der Waals surface area contributed by atoms with Crippen molar-refractivity contribution in [3.05, 3.63) is 60.2 Å². The van der Waals surface area contributed by atoms with E-state index in [2.05, 4.69) is 10.4 Å². The van der Waals surface area contributed by atoms with Crippen LogP contribution in [0.15, 0.2) is 59.7 Å². The standard InChI is InChI=1S/C21H26N4O3/c1-14(21(27)28)11-18(24-20(26)13-19(22)25-23)12-15-7-9-17(10-8-15)16-5-3-2-4-6-16/h2-10,14,18H,11-13,23H2,1H3,(H2,22,25)(H,24,26)(H,27,28). The molecule has 7 heteroatoms. The maximum absolute atomic E-state index is 12.1. The van der Waals surface area contributed by atoms with Gasteiger partial charge in [-0.25, -0.2) is 0 Å². The summed E-state index contributed by atoms with van der Waals surface area (Å²) >= 11 is 0. The van der Waals surface area contributed by atoms with Crippen molar-refractivity contribution in [3.63, 3.8) is 0 Å². The summed E-state index contributed by atoms with van der Waals surface area (Å²) in [5.74, 6) is 3.26. The Kier molecular flexibility index (Phi) is 7.56. The molecule has 148 valence electrons. The number of aliphatic carboxylic acids is 1. The van der Waals surface area contributed by atoms with Gasteiger partial charge in [0.25, 0.3) is 0 Å². The van der Waals surface area contributed by atoms with Crippen molar-refractivity contribution in [2.45, 2.75) is 32.2 Å². The number of hydrogen-bond donors (Lipinski definition) is 4. The zero-order chi connectivity index (χ0) is 20.5. The zero-order valence-electron chi connectivity index (χ0n) is 15.8. The molecule has 0 saturated carbocycles. The number of carboxylic acid groups (broad SMARTS) is 1. The van der Waals surface area contributed by atoms with Crippen LogP contribution in [-0.2, 0) is 16.0 Å². The smallest absolute Gasteiger partial charge is 0.306 e. The summed E-state index contributed by atoms with van der Waals surface area (Å²) in [6, 6.07) is 17.7. The number of carbonyl (C=O) groups is 2. The number of nitrogens with zero attached hydrogens (tertiary/aromatic N) is 1. The van der Waals surface area contributed by atoms with Gasteiger partial charge in [-0.2, -0.15) is 5.10 Å². The monoisotopic (exact) mass is 382 g/mol. The summed E-state index contributed by atoms with van der Waals surface area (Å²) in [6.07, 6.45) is 0.695. The van der Waals surface area contributed by atoms with E-state index in [4.69, 9.17) is 11.6 Å². The second-order valence-corrected chi connectivity index (χ2v) is 6.80. The van der Waals surface area contributed by atoms with E-state index >= 15 is 0 Å². The van der Waals surface area contributed by atoms with Crippen LogP contribution in [0.4, 0.5) is 0 Å². The molecule has 2 aromatic rings. The summed E-state index contributed by atoms with van der Waals surface area (Å²) in [5.41, 5.74) is 8.71. The van der Waals surface area contributed by atoms with Gasteiger partial charge < -0.3 is 22.0 Å². The molecule has 0 aliphatic heterocycles. The van der Waals surface area contributed by atoms with Gasteiger partial charge in [-0.3, -0.25) is 9.59 Å². The number of nitrogens with two attached hydrogens (primary N) is 2. The second-order valence-electron chi connectivity index (χ2n) is 6.80. The van der Waals surface area contributed by atoms with Gasteiger partial charge in [-0.05, 0) is 29.5 Å². The Bertz CT molecular complexity index is 819. The van der Waals surface area contributed by atoms with Crippen molar-refractivity contribution in [2.75, 3.05) is 0 Å². The summed E-state index contributed by atoms with van der Waals surface area (Å²) in [6.45, 7) is 1.62. The van der Waals surface area contributed by atoms with Crippen molar-refractivity contribution in [1.82, 2.24) is 5.32 Å². The Hall–Kier alpha value is -3.35. The molecule has 0 saturated heterocycles. The van der Waals surface area contributed by atoms with E-state index < -0.39 is 11.9 Å². The maximum Gasteiger partial charge on any atom is 0.306 e. The highest BCUT2D eigenvalue weighted by molar-refractivity contribution is 5.98. The number of amides is 1. The van der Waals surface area contributed by atoms with Crippen LogP contribution < -0.4 is 16.9 Å². The highest BCUT2D eigenvalue weighted by Gasteiger charge is 2.21. The molecule has 7 nitrogen and oxygen atoms in total. The number of nitrogens with one attached hydrogen (secondary N) is 1. The molecule has 0 heterocycles. The normalized spacial score (nSPS) is 13.5. The Balaban J connectivity index is 2.09. The van der Waals surface area contributed by atoms with Crippen LogP contribution in [0, 0.1) is 5.92 Å². The predicted octanol–water partition coefficient (Wildman–Crippen LogP) is 2.11. The molecule has 28 heavy (non-hydrogen) atoms. The molecular formula is C21H26N4O3. The number of benzene rings is 2. The molecule has 1 amide bonds. The summed E-state index contributed by atoms with van der Waals surface area (Å²) < 4.78 is 0. The van der Waals surface area contributed by atoms with Gasteiger partial charge in [0.1, 0.15) is 5.84 Å². The fourth-order valence-corrected chi connectivity index (χ4v) is 2.96. The fraction of sp³-hybridized carbons (Fsp3) is 0.286. The van der Waals surface area contributed by atoms with E-state index in [1.54, 1.807) is 6.92 Å². The first kappa shape index (κ1) is 21.0. The number of carbonyl (C=O) groups excluding carboxylic acids is 1. The number of amidine groups is 1. The Morgan fingerprint density at radius 2 is 1.68 bits per heavy atom. The first-order valence-corrected chi connectivity index (χ1v) is 9.07. The van der Waals surface area contributed by atoms with E-state index in [9.17, 15) is 14.7 Å². The van der Waals surface area contributed by atoms with Crippen LogP contribution in [0.1, 0.15) is 25.3 Å². The number of rotatable bonds is 9. The van der Waals surface area contributed by atoms with Crippen LogP contribution in [0.2, 0.25) is 0 Å². The lowest BCUT2D eigenvalue weighted by Crippen LogP contribution is -2.40. The van der Waals surface area contributed by atoms with E-state index in [1.165, 1.54) is 0 Å². The van der Waals surface area contributed by atoms with Crippen LogP contribution in [-0.4, -0.2) is 28.9 Å². The van der Waals surface area contributed by atoms with Gasteiger partial charge in [-0.1, -0.05) is 61.5 Å². The third-order valence-electron chi connectivity index (χ3n) is 4.48. The van der Waals surface area contributed by atoms with E-state index in [0.717, 1.165) is 16.7 Å². The number of carboxylic acids is 1. The average Bonchev–Trinajstić information content (AvgIpc) is 2.68. The van der Waals surface area contributed by atoms with Gasteiger partial charge in [0, 0.05) is 6.04 Å². The summed E-state index contributed by atoms with van der Waals surface area (Å²) in [7, 11) is 0. The van der Waals surface area contributed by atoms with Crippen LogP contribution in [0.3, 0.4) is 0 Å². The minimum Gasteiger partial charge on any atom is -0.481 e. The molecular weight excluding hydrogens is 356 g/mol. The molecule has 0 spiro atoms. The minimum absolute atomic E-state index is 0.0229. The number of hydrogen-bond acceptors (Lipinski definition) is 4. The Labute approximate surface area is 164 Å². The van der Waals surface area contributed by atoms with Gasteiger partial charge in [0.05, 0.1) is 12.3 Å². The molecule has 2 rings (SSSR count). The van der Waals surface area contributed by atoms with Crippen LogP contribution in [0.5, 0.6) is 0 Å². The Morgan fingerprint density at radius 1 is 1.07 bits per heavy atom. The molecule has 0 fully saturated rings. The maximum atomic E-state index is 12.1. The molecule has 0 aliphatic carbocycles. The zero-order valence-corrected chi connectivity index (χ0v) is 15.8. The molecule has 0 aromatic heterocycles.